The Bertz CT molecular complexity index is 366. The summed E-state index contributed by atoms with van der Waals surface area (Å²) in [5, 5.41) is 19.3. The van der Waals surface area contributed by atoms with Crippen LogP contribution >= 0.6 is 0 Å². The number of Topliss-reactive ketones (excluding diaryl/α,β-unsaturated/α-hetero) is 1. The van der Waals surface area contributed by atoms with Gasteiger partial charge in [-0.25, -0.2) is 0 Å². The Morgan fingerprint density at radius 3 is 2.24 bits per heavy atom. The molecule has 0 fully saturated rings. The fraction of sp³-hybridized carbons (Fsp3) is 0.500. The van der Waals surface area contributed by atoms with E-state index >= 15 is 0 Å². The number of hydrogen-bond donors (Lipinski definition) is 2. The molecule has 0 atom stereocenters. The summed E-state index contributed by atoms with van der Waals surface area (Å²) >= 11 is 0. The molecule has 3 nitrogen and oxygen atoms in total. The fourth-order valence-corrected chi connectivity index (χ4v) is 1.61. The number of carbonyl (C=O) groups excluding carboxylic acids is 1. The largest absolute Gasteiger partial charge is 0.362 e. The number of ketones is 1. The van der Waals surface area contributed by atoms with Gasteiger partial charge in [-0.2, -0.15) is 0 Å². The number of rotatable bonds is 6. The summed E-state index contributed by atoms with van der Waals surface area (Å²) < 4.78 is 0. The minimum Gasteiger partial charge on any atom is -0.362 e. The van der Waals surface area contributed by atoms with Crippen LogP contribution in [0.1, 0.15) is 55.5 Å². The Kier molecular flexibility index (Phi) is 4.85. The predicted molar refractivity (Wildman–Crippen MR) is 66.7 cm³/mol. The first kappa shape index (κ1) is 13.9. The standard InChI is InChI=1S/C14H20O3/c1-3-5-6-13(15)11-7-9-12(10-8-11)14(16,17)4-2/h7-10,16-17H,3-6H2,1-2H3. The van der Waals surface area contributed by atoms with Gasteiger partial charge in [0.1, 0.15) is 0 Å². The third-order valence-electron chi connectivity index (χ3n) is 2.92. The van der Waals surface area contributed by atoms with E-state index in [9.17, 15) is 15.0 Å². The Morgan fingerprint density at radius 1 is 1.18 bits per heavy atom. The number of hydrogen-bond acceptors (Lipinski definition) is 3. The second kappa shape index (κ2) is 5.94. The highest BCUT2D eigenvalue weighted by Crippen LogP contribution is 2.22. The van der Waals surface area contributed by atoms with Crippen LogP contribution in [0.15, 0.2) is 24.3 Å². The molecular formula is C14H20O3. The van der Waals surface area contributed by atoms with E-state index in [1.165, 1.54) is 0 Å². The Hall–Kier alpha value is -1.19. The Morgan fingerprint density at radius 2 is 1.76 bits per heavy atom. The van der Waals surface area contributed by atoms with Gasteiger partial charge in [0.05, 0.1) is 0 Å². The number of unbranched alkanes of at least 4 members (excludes halogenated alkanes) is 1. The molecule has 0 radical (unpaired) electrons. The zero-order chi connectivity index (χ0) is 12.9. The van der Waals surface area contributed by atoms with E-state index in [1.54, 1.807) is 31.2 Å². The topological polar surface area (TPSA) is 57.5 Å². The van der Waals surface area contributed by atoms with E-state index < -0.39 is 5.79 Å². The van der Waals surface area contributed by atoms with Crippen LogP contribution in [0.2, 0.25) is 0 Å². The van der Waals surface area contributed by atoms with Gasteiger partial charge in [-0.15, -0.1) is 0 Å². The molecule has 0 aliphatic carbocycles. The Balaban J connectivity index is 2.78. The van der Waals surface area contributed by atoms with Crippen LogP contribution in [-0.2, 0) is 5.79 Å². The fourth-order valence-electron chi connectivity index (χ4n) is 1.61. The molecule has 0 spiro atoms. The van der Waals surface area contributed by atoms with Crippen molar-refractivity contribution in [1.29, 1.82) is 0 Å². The highest BCUT2D eigenvalue weighted by atomic mass is 16.5. The van der Waals surface area contributed by atoms with E-state index in [0.717, 1.165) is 12.8 Å². The van der Waals surface area contributed by atoms with Crippen LogP contribution in [0.25, 0.3) is 0 Å². The van der Waals surface area contributed by atoms with Crippen LogP contribution in [0.4, 0.5) is 0 Å². The zero-order valence-corrected chi connectivity index (χ0v) is 10.4. The average Bonchev–Trinajstić information content (AvgIpc) is 2.36. The van der Waals surface area contributed by atoms with Crippen LogP contribution in [0, 0.1) is 0 Å². The minimum absolute atomic E-state index is 0.108. The van der Waals surface area contributed by atoms with Crippen molar-refractivity contribution in [3.05, 3.63) is 35.4 Å². The molecule has 1 aromatic carbocycles. The van der Waals surface area contributed by atoms with E-state index in [0.29, 0.717) is 17.5 Å². The van der Waals surface area contributed by atoms with Crippen molar-refractivity contribution < 1.29 is 15.0 Å². The van der Waals surface area contributed by atoms with Crippen molar-refractivity contribution in [1.82, 2.24) is 0 Å². The molecule has 0 unspecified atom stereocenters. The maximum Gasteiger partial charge on any atom is 0.189 e. The molecule has 0 saturated heterocycles. The van der Waals surface area contributed by atoms with Gasteiger partial charge in [0.25, 0.3) is 0 Å². The zero-order valence-electron chi connectivity index (χ0n) is 10.4. The molecule has 17 heavy (non-hydrogen) atoms. The van der Waals surface area contributed by atoms with Gasteiger partial charge < -0.3 is 10.2 Å². The van der Waals surface area contributed by atoms with Crippen LogP contribution < -0.4 is 0 Å². The van der Waals surface area contributed by atoms with Crippen molar-refractivity contribution in [2.24, 2.45) is 0 Å². The van der Waals surface area contributed by atoms with Crippen molar-refractivity contribution in [2.75, 3.05) is 0 Å². The number of benzene rings is 1. The highest BCUT2D eigenvalue weighted by molar-refractivity contribution is 5.96. The van der Waals surface area contributed by atoms with Crippen LogP contribution in [-0.4, -0.2) is 16.0 Å². The second-order valence-corrected chi connectivity index (χ2v) is 4.27. The molecule has 2 N–H and O–H groups in total. The molecule has 94 valence electrons. The molecule has 0 saturated carbocycles. The molecule has 0 amide bonds. The number of carbonyl (C=O) groups is 1. The minimum atomic E-state index is -1.80. The summed E-state index contributed by atoms with van der Waals surface area (Å²) in [6.45, 7) is 3.74. The predicted octanol–water partition coefficient (Wildman–Crippen LogP) is 2.61. The smallest absolute Gasteiger partial charge is 0.189 e. The first-order valence-corrected chi connectivity index (χ1v) is 6.09. The molecule has 0 aliphatic rings. The van der Waals surface area contributed by atoms with Crippen molar-refractivity contribution in [3.8, 4) is 0 Å². The molecule has 3 heteroatoms. The first-order chi connectivity index (χ1) is 8.01. The molecule has 0 aliphatic heterocycles. The lowest BCUT2D eigenvalue weighted by Gasteiger charge is -2.20. The summed E-state index contributed by atoms with van der Waals surface area (Å²) in [5.74, 6) is -1.69. The lowest BCUT2D eigenvalue weighted by atomic mass is 9.99. The molecule has 0 heterocycles. The Labute approximate surface area is 102 Å². The highest BCUT2D eigenvalue weighted by Gasteiger charge is 2.22. The molecule has 0 aromatic heterocycles. The summed E-state index contributed by atoms with van der Waals surface area (Å²) in [4.78, 5) is 11.7. The van der Waals surface area contributed by atoms with E-state index in [-0.39, 0.29) is 12.2 Å². The maximum atomic E-state index is 11.7. The van der Waals surface area contributed by atoms with Gasteiger partial charge in [0.15, 0.2) is 11.6 Å². The van der Waals surface area contributed by atoms with E-state index in [2.05, 4.69) is 0 Å². The van der Waals surface area contributed by atoms with Gasteiger partial charge in [-0.1, -0.05) is 44.5 Å². The molecule has 1 rings (SSSR count). The molecular weight excluding hydrogens is 216 g/mol. The van der Waals surface area contributed by atoms with Crippen molar-refractivity contribution in [3.63, 3.8) is 0 Å². The van der Waals surface area contributed by atoms with Gasteiger partial charge in [-0.05, 0) is 6.42 Å². The van der Waals surface area contributed by atoms with Gasteiger partial charge >= 0.3 is 0 Å². The average molecular weight is 236 g/mol. The summed E-state index contributed by atoms with van der Waals surface area (Å²) in [5.41, 5.74) is 1.06. The van der Waals surface area contributed by atoms with Gasteiger partial charge in [-0.3, -0.25) is 4.79 Å². The second-order valence-electron chi connectivity index (χ2n) is 4.27. The SMILES string of the molecule is CCCCC(=O)c1ccc(C(O)(O)CC)cc1. The maximum absolute atomic E-state index is 11.7. The summed E-state index contributed by atoms with van der Waals surface area (Å²) in [7, 11) is 0. The van der Waals surface area contributed by atoms with Crippen molar-refractivity contribution >= 4 is 5.78 Å². The normalized spacial score (nSPS) is 11.5. The van der Waals surface area contributed by atoms with E-state index in [4.69, 9.17) is 0 Å². The third kappa shape index (κ3) is 3.65. The van der Waals surface area contributed by atoms with E-state index in [1.807, 2.05) is 6.92 Å². The molecule has 0 bridgehead atoms. The monoisotopic (exact) mass is 236 g/mol. The van der Waals surface area contributed by atoms with Crippen molar-refractivity contribution in [2.45, 2.75) is 45.3 Å². The van der Waals surface area contributed by atoms with Gasteiger partial charge in [0.2, 0.25) is 0 Å². The third-order valence-corrected chi connectivity index (χ3v) is 2.92. The van der Waals surface area contributed by atoms with Crippen LogP contribution in [0.5, 0.6) is 0 Å². The van der Waals surface area contributed by atoms with Crippen LogP contribution in [0.3, 0.4) is 0 Å². The lowest BCUT2D eigenvalue weighted by Crippen LogP contribution is -2.23. The summed E-state index contributed by atoms with van der Waals surface area (Å²) in [6, 6.07) is 6.51. The summed E-state index contributed by atoms with van der Waals surface area (Å²) in [6.07, 6.45) is 2.65. The number of aliphatic hydroxyl groups is 2. The molecule has 1 aromatic rings. The van der Waals surface area contributed by atoms with Gasteiger partial charge in [0, 0.05) is 24.0 Å². The lowest BCUT2D eigenvalue weighted by molar-refractivity contribution is -0.171. The quantitative estimate of drug-likeness (QED) is 0.589. The first-order valence-electron chi connectivity index (χ1n) is 6.09.